The molecule has 0 aliphatic carbocycles. The molecule has 2 aliphatic rings. The van der Waals surface area contributed by atoms with E-state index in [0.29, 0.717) is 23.7 Å². The van der Waals surface area contributed by atoms with E-state index in [2.05, 4.69) is 6.07 Å². The topological polar surface area (TPSA) is 65.7 Å². The van der Waals surface area contributed by atoms with Crippen LogP contribution in [0.1, 0.15) is 35.6 Å². The van der Waals surface area contributed by atoms with E-state index >= 15 is 0 Å². The van der Waals surface area contributed by atoms with Crippen molar-refractivity contribution in [1.29, 1.82) is 0 Å². The molecule has 0 spiro atoms. The lowest BCUT2D eigenvalue weighted by Crippen LogP contribution is -2.33. The van der Waals surface area contributed by atoms with Gasteiger partial charge in [-0.25, -0.2) is 5.01 Å². The summed E-state index contributed by atoms with van der Waals surface area (Å²) < 4.78 is 28.5. The maximum absolute atomic E-state index is 6.46. The van der Waals surface area contributed by atoms with Crippen LogP contribution in [0.2, 0.25) is 0 Å². The lowest BCUT2D eigenvalue weighted by atomic mass is 9.97. The Hall–Kier alpha value is -3.61. The zero-order valence-corrected chi connectivity index (χ0v) is 17.0. The summed E-state index contributed by atoms with van der Waals surface area (Å²) >= 11 is 0. The number of hydrogen-bond donors (Lipinski definition) is 0. The zero-order valence-electron chi connectivity index (χ0n) is 17.0. The number of para-hydroxylation sites is 1. The first-order valence-corrected chi connectivity index (χ1v) is 9.68. The molecule has 2 aromatic carbocycles. The molecule has 0 radical (unpaired) electrons. The maximum atomic E-state index is 6.46. The minimum Gasteiger partial charge on any atom is -0.493 e. The Morgan fingerprint density at radius 2 is 1.77 bits per heavy atom. The average Bonchev–Trinajstić information content (AvgIpc) is 3.47. The molecule has 7 nitrogen and oxygen atoms in total. The van der Waals surface area contributed by atoms with Crippen LogP contribution >= 0.6 is 0 Å². The predicted octanol–water partition coefficient (Wildman–Crippen LogP) is 4.55. The quantitative estimate of drug-likeness (QED) is 0.619. The van der Waals surface area contributed by atoms with Crippen molar-refractivity contribution in [2.75, 3.05) is 21.3 Å². The third-order valence-corrected chi connectivity index (χ3v) is 5.50. The molecule has 0 unspecified atom stereocenters. The molecule has 0 fully saturated rings. The van der Waals surface area contributed by atoms with Gasteiger partial charge in [0.25, 0.3) is 0 Å². The van der Waals surface area contributed by atoms with E-state index in [4.69, 9.17) is 28.5 Å². The van der Waals surface area contributed by atoms with Gasteiger partial charge in [0.1, 0.15) is 11.5 Å². The second kappa shape index (κ2) is 7.33. The van der Waals surface area contributed by atoms with Gasteiger partial charge < -0.3 is 23.4 Å². The lowest BCUT2D eigenvalue weighted by Gasteiger charge is -2.38. The summed E-state index contributed by atoms with van der Waals surface area (Å²) in [5.74, 6) is 3.49. The van der Waals surface area contributed by atoms with Crippen molar-refractivity contribution in [2.24, 2.45) is 5.10 Å². The summed E-state index contributed by atoms with van der Waals surface area (Å²) in [5, 5.41) is 6.87. The number of ether oxygens (including phenoxy) is 4. The van der Waals surface area contributed by atoms with Crippen LogP contribution in [0.3, 0.4) is 0 Å². The van der Waals surface area contributed by atoms with Crippen molar-refractivity contribution in [2.45, 2.75) is 18.7 Å². The molecular weight excluding hydrogens is 384 g/mol. The Kier molecular flexibility index (Phi) is 4.50. The summed E-state index contributed by atoms with van der Waals surface area (Å²) in [6, 6.07) is 15.5. The van der Waals surface area contributed by atoms with Gasteiger partial charge in [-0.1, -0.05) is 12.1 Å². The molecule has 0 amide bonds. The Morgan fingerprint density at radius 3 is 2.50 bits per heavy atom. The number of fused-ring (bicyclic) bond motifs is 3. The van der Waals surface area contributed by atoms with Gasteiger partial charge in [0.2, 0.25) is 6.23 Å². The van der Waals surface area contributed by atoms with E-state index in [1.54, 1.807) is 27.6 Å². The Bertz CT molecular complexity index is 1090. The molecule has 0 bridgehead atoms. The third-order valence-electron chi connectivity index (χ3n) is 5.50. The summed E-state index contributed by atoms with van der Waals surface area (Å²) in [4.78, 5) is 0. The van der Waals surface area contributed by atoms with Gasteiger partial charge in [0.15, 0.2) is 23.0 Å². The first kappa shape index (κ1) is 18.4. The van der Waals surface area contributed by atoms with Gasteiger partial charge in [-0.15, -0.1) is 0 Å². The predicted molar refractivity (Wildman–Crippen MR) is 110 cm³/mol. The van der Waals surface area contributed by atoms with Crippen molar-refractivity contribution < 1.29 is 23.4 Å². The van der Waals surface area contributed by atoms with Gasteiger partial charge in [-0.2, -0.15) is 5.10 Å². The molecule has 0 saturated carbocycles. The highest BCUT2D eigenvalue weighted by molar-refractivity contribution is 5.99. The number of hydrogen-bond acceptors (Lipinski definition) is 7. The fourth-order valence-electron chi connectivity index (χ4n) is 4.06. The Morgan fingerprint density at radius 1 is 0.933 bits per heavy atom. The van der Waals surface area contributed by atoms with Crippen LogP contribution in [0.15, 0.2) is 64.3 Å². The van der Waals surface area contributed by atoms with Crippen LogP contribution in [0.4, 0.5) is 0 Å². The highest BCUT2D eigenvalue weighted by Crippen LogP contribution is 2.51. The number of benzene rings is 2. The molecule has 3 heterocycles. The number of furan rings is 1. The molecule has 5 rings (SSSR count). The number of rotatable bonds is 5. The molecule has 0 saturated heterocycles. The average molecular weight is 406 g/mol. The smallest absolute Gasteiger partial charge is 0.214 e. The second-order valence-electron chi connectivity index (χ2n) is 7.09. The lowest BCUT2D eigenvalue weighted by molar-refractivity contribution is -0.0210. The summed E-state index contributed by atoms with van der Waals surface area (Å²) in [7, 11) is 4.88. The van der Waals surface area contributed by atoms with E-state index in [1.807, 2.05) is 47.5 Å². The Labute approximate surface area is 174 Å². The number of methoxy groups -OCH3 is 3. The fourth-order valence-corrected chi connectivity index (χ4v) is 4.06. The van der Waals surface area contributed by atoms with Gasteiger partial charge in [0.05, 0.1) is 33.6 Å². The summed E-state index contributed by atoms with van der Waals surface area (Å²) in [6.07, 6.45) is 1.92. The Balaban J connectivity index is 1.62. The maximum Gasteiger partial charge on any atom is 0.214 e. The molecule has 3 aromatic rings. The van der Waals surface area contributed by atoms with E-state index in [9.17, 15) is 0 Å². The van der Waals surface area contributed by atoms with Crippen molar-refractivity contribution >= 4 is 5.71 Å². The van der Waals surface area contributed by atoms with Crippen LogP contribution in [0.5, 0.6) is 23.0 Å². The van der Waals surface area contributed by atoms with E-state index in [1.165, 1.54) is 0 Å². The summed E-state index contributed by atoms with van der Waals surface area (Å²) in [5.41, 5.74) is 2.82. The molecule has 2 aliphatic heterocycles. The van der Waals surface area contributed by atoms with Crippen LogP contribution in [0.25, 0.3) is 0 Å². The van der Waals surface area contributed by atoms with E-state index in [0.717, 1.165) is 28.3 Å². The van der Waals surface area contributed by atoms with Gasteiger partial charge in [-0.3, -0.25) is 0 Å². The molecular formula is C23H22N2O5. The van der Waals surface area contributed by atoms with Crippen molar-refractivity contribution in [3.63, 3.8) is 0 Å². The SMILES string of the molecule is COc1ccc([C@@H]2Oc3c(OC)cccc3[C@H]3CC(c4ccco4)=NN32)cc1OC. The number of nitrogens with zero attached hydrogens (tertiary/aromatic N) is 2. The first-order valence-electron chi connectivity index (χ1n) is 9.68. The van der Waals surface area contributed by atoms with Crippen LogP contribution in [-0.4, -0.2) is 32.0 Å². The minimum absolute atomic E-state index is 0.00189. The van der Waals surface area contributed by atoms with Crippen LogP contribution in [-0.2, 0) is 0 Å². The monoisotopic (exact) mass is 406 g/mol. The second-order valence-corrected chi connectivity index (χ2v) is 7.09. The molecule has 2 atom stereocenters. The van der Waals surface area contributed by atoms with E-state index in [-0.39, 0.29) is 6.04 Å². The standard InChI is InChI=1S/C23H22N2O5/c1-26-19-10-9-14(12-21(19)28-3)23-25-17(13-16(24-25)18-8-5-11-29-18)15-6-4-7-20(27-2)22(15)30-23/h4-12,17,23H,13H2,1-3H3/t17-,23+/m1/s1. The van der Waals surface area contributed by atoms with E-state index < -0.39 is 6.23 Å². The van der Waals surface area contributed by atoms with Crippen LogP contribution in [0, 0.1) is 0 Å². The van der Waals surface area contributed by atoms with Crippen molar-refractivity contribution in [3.05, 3.63) is 71.7 Å². The van der Waals surface area contributed by atoms with Gasteiger partial charge in [-0.05, 0) is 36.4 Å². The normalized spacial score (nSPS) is 19.4. The highest BCUT2D eigenvalue weighted by atomic mass is 16.5. The largest absolute Gasteiger partial charge is 0.493 e. The minimum atomic E-state index is -0.453. The van der Waals surface area contributed by atoms with Gasteiger partial charge >= 0.3 is 0 Å². The molecule has 30 heavy (non-hydrogen) atoms. The molecule has 1 aromatic heterocycles. The first-order chi connectivity index (χ1) is 14.7. The van der Waals surface area contributed by atoms with Crippen molar-refractivity contribution in [3.8, 4) is 23.0 Å². The molecule has 7 heteroatoms. The van der Waals surface area contributed by atoms with Gasteiger partial charge in [0, 0.05) is 17.5 Å². The number of hydrazone groups is 1. The van der Waals surface area contributed by atoms with Crippen molar-refractivity contribution in [1.82, 2.24) is 5.01 Å². The fraction of sp³-hybridized carbons (Fsp3) is 0.261. The molecule has 0 N–H and O–H groups in total. The third kappa shape index (κ3) is 2.85. The molecule has 154 valence electrons. The highest BCUT2D eigenvalue weighted by Gasteiger charge is 2.42. The summed E-state index contributed by atoms with van der Waals surface area (Å²) in [6.45, 7) is 0. The van der Waals surface area contributed by atoms with Crippen LogP contribution < -0.4 is 18.9 Å². The zero-order chi connectivity index (χ0) is 20.7.